The van der Waals surface area contributed by atoms with E-state index in [4.69, 9.17) is 10.5 Å². The van der Waals surface area contributed by atoms with Crippen LogP contribution in [0.1, 0.15) is 28.3 Å². The number of amides is 1. The number of nitrogens with two attached hydrogens (primary N) is 1. The lowest BCUT2D eigenvalue weighted by molar-refractivity contribution is -0.119. The summed E-state index contributed by atoms with van der Waals surface area (Å²) in [5, 5.41) is 0.906. The molecule has 0 radical (unpaired) electrons. The Hall–Kier alpha value is -3.08. The van der Waals surface area contributed by atoms with Gasteiger partial charge in [0.1, 0.15) is 5.75 Å². The number of aromatic amines is 1. The number of fused-ring (bicyclic) bond motifs is 1. The average molecular weight is 322 g/mol. The summed E-state index contributed by atoms with van der Waals surface area (Å²) >= 11 is 0. The molecule has 1 heterocycles. The molecule has 0 aliphatic rings. The van der Waals surface area contributed by atoms with Gasteiger partial charge in [-0.1, -0.05) is 18.2 Å². The minimum atomic E-state index is -0.671. The van der Waals surface area contributed by atoms with Crippen molar-refractivity contribution in [3.05, 3.63) is 65.9 Å². The van der Waals surface area contributed by atoms with Crippen LogP contribution < -0.4 is 10.5 Å². The highest BCUT2D eigenvalue weighted by molar-refractivity contribution is 6.01. The smallest absolute Gasteiger partial charge is 0.225 e. The zero-order valence-electron chi connectivity index (χ0n) is 13.3. The summed E-state index contributed by atoms with van der Waals surface area (Å²) in [4.78, 5) is 27.6. The highest BCUT2D eigenvalue weighted by atomic mass is 16.5. The second-order valence-corrected chi connectivity index (χ2v) is 5.60. The van der Waals surface area contributed by atoms with E-state index < -0.39 is 11.8 Å². The fourth-order valence-electron chi connectivity index (χ4n) is 2.83. The van der Waals surface area contributed by atoms with Crippen LogP contribution in [-0.4, -0.2) is 23.8 Å². The molecule has 3 N–H and O–H groups in total. The van der Waals surface area contributed by atoms with Crippen LogP contribution in [0, 0.1) is 0 Å². The minimum absolute atomic E-state index is 0.0313. The molecule has 0 saturated carbocycles. The molecule has 1 amide bonds. The van der Waals surface area contributed by atoms with E-state index in [1.807, 2.05) is 24.3 Å². The van der Waals surface area contributed by atoms with Gasteiger partial charge >= 0.3 is 0 Å². The van der Waals surface area contributed by atoms with Gasteiger partial charge in [0, 0.05) is 29.1 Å². The van der Waals surface area contributed by atoms with E-state index in [-0.39, 0.29) is 12.2 Å². The number of rotatable bonds is 6. The van der Waals surface area contributed by atoms with Crippen LogP contribution in [0.5, 0.6) is 5.75 Å². The first-order valence-corrected chi connectivity index (χ1v) is 7.62. The highest BCUT2D eigenvalue weighted by Gasteiger charge is 2.24. The number of hydrogen-bond donors (Lipinski definition) is 2. The molecule has 0 aliphatic carbocycles. The van der Waals surface area contributed by atoms with E-state index in [0.717, 1.165) is 16.5 Å². The Balaban J connectivity index is 1.88. The lowest BCUT2D eigenvalue weighted by Gasteiger charge is -2.12. The topological polar surface area (TPSA) is 85.2 Å². The molecule has 5 nitrogen and oxygen atoms in total. The molecule has 0 saturated heterocycles. The monoisotopic (exact) mass is 322 g/mol. The number of H-pyrrole nitrogens is 1. The second-order valence-electron chi connectivity index (χ2n) is 5.60. The summed E-state index contributed by atoms with van der Waals surface area (Å²) in [5.74, 6) is -0.640. The summed E-state index contributed by atoms with van der Waals surface area (Å²) in [6, 6.07) is 14.4. The number of ketones is 1. The van der Waals surface area contributed by atoms with E-state index in [0.29, 0.717) is 11.3 Å². The van der Waals surface area contributed by atoms with Crippen molar-refractivity contribution in [2.45, 2.75) is 12.3 Å². The predicted octanol–water partition coefficient (Wildman–Crippen LogP) is 3.02. The summed E-state index contributed by atoms with van der Waals surface area (Å²) in [7, 11) is 1.57. The summed E-state index contributed by atoms with van der Waals surface area (Å²) in [6.07, 6.45) is 1.78. The molecule has 5 heteroatoms. The first kappa shape index (κ1) is 15.8. The van der Waals surface area contributed by atoms with Crippen LogP contribution in [0.4, 0.5) is 0 Å². The van der Waals surface area contributed by atoms with Crippen molar-refractivity contribution in [1.82, 2.24) is 4.98 Å². The predicted molar refractivity (Wildman–Crippen MR) is 92.2 cm³/mol. The molecule has 0 bridgehead atoms. The Bertz CT molecular complexity index is 881. The Morgan fingerprint density at radius 1 is 1.12 bits per heavy atom. The number of hydrogen-bond acceptors (Lipinski definition) is 3. The number of carbonyl (C=O) groups excluding carboxylic acids is 2. The van der Waals surface area contributed by atoms with Gasteiger partial charge in [-0.15, -0.1) is 0 Å². The number of benzene rings is 2. The average Bonchev–Trinajstić information content (AvgIpc) is 3.03. The number of primary amides is 1. The van der Waals surface area contributed by atoms with Crippen LogP contribution in [-0.2, 0) is 4.79 Å². The zero-order chi connectivity index (χ0) is 17.1. The van der Waals surface area contributed by atoms with Crippen LogP contribution in [0.3, 0.4) is 0 Å². The van der Waals surface area contributed by atoms with E-state index in [2.05, 4.69) is 4.98 Å². The van der Waals surface area contributed by atoms with Gasteiger partial charge in [0.15, 0.2) is 5.78 Å². The first-order chi connectivity index (χ1) is 11.6. The molecule has 3 aromatic rings. The molecule has 3 rings (SSSR count). The van der Waals surface area contributed by atoms with Crippen molar-refractivity contribution >= 4 is 22.6 Å². The van der Waals surface area contributed by atoms with Crippen LogP contribution in [0.15, 0.2) is 54.7 Å². The van der Waals surface area contributed by atoms with Crippen molar-refractivity contribution in [1.29, 1.82) is 0 Å². The number of carbonyl (C=O) groups is 2. The van der Waals surface area contributed by atoms with Gasteiger partial charge in [-0.25, -0.2) is 0 Å². The van der Waals surface area contributed by atoms with Gasteiger partial charge in [-0.2, -0.15) is 0 Å². The van der Waals surface area contributed by atoms with Gasteiger partial charge in [0.2, 0.25) is 5.91 Å². The zero-order valence-corrected chi connectivity index (χ0v) is 13.3. The number of nitrogens with one attached hydrogen (secondary N) is 1. The third-order valence-corrected chi connectivity index (χ3v) is 4.14. The molecular formula is C19H18N2O3. The number of ether oxygens (including phenoxy) is 1. The first-order valence-electron chi connectivity index (χ1n) is 7.62. The third-order valence-electron chi connectivity index (χ3n) is 4.14. The maximum absolute atomic E-state index is 12.5. The molecule has 0 aliphatic heterocycles. The summed E-state index contributed by atoms with van der Waals surface area (Å²) < 4.78 is 5.09. The van der Waals surface area contributed by atoms with Crippen molar-refractivity contribution in [2.75, 3.05) is 7.11 Å². The van der Waals surface area contributed by atoms with E-state index >= 15 is 0 Å². The Labute approximate surface area is 139 Å². The minimum Gasteiger partial charge on any atom is -0.497 e. The molecule has 122 valence electrons. The molecule has 1 atom stereocenters. The SMILES string of the molecule is COc1ccc(C(=O)CC(C(N)=O)c2c[nH]c3ccccc23)cc1. The van der Waals surface area contributed by atoms with Gasteiger partial charge in [-0.05, 0) is 35.9 Å². The molecule has 1 aromatic heterocycles. The molecule has 1 unspecified atom stereocenters. The Kier molecular flexibility index (Phi) is 4.33. The van der Waals surface area contributed by atoms with Crippen molar-refractivity contribution in [2.24, 2.45) is 5.73 Å². The fourth-order valence-corrected chi connectivity index (χ4v) is 2.83. The summed E-state index contributed by atoms with van der Waals surface area (Å²) in [6.45, 7) is 0. The van der Waals surface area contributed by atoms with Crippen LogP contribution in [0.2, 0.25) is 0 Å². The van der Waals surface area contributed by atoms with Crippen molar-refractivity contribution < 1.29 is 14.3 Å². The standard InChI is InChI=1S/C19H18N2O3/c1-24-13-8-6-12(7-9-13)18(22)10-15(19(20)23)16-11-21-17-5-3-2-4-14(16)17/h2-9,11,15,21H,10H2,1H3,(H2,20,23). The van der Waals surface area contributed by atoms with Crippen molar-refractivity contribution in [3.8, 4) is 5.75 Å². The van der Waals surface area contributed by atoms with Crippen molar-refractivity contribution in [3.63, 3.8) is 0 Å². The Morgan fingerprint density at radius 3 is 2.50 bits per heavy atom. The number of aromatic nitrogens is 1. The fraction of sp³-hybridized carbons (Fsp3) is 0.158. The lowest BCUT2D eigenvalue weighted by Crippen LogP contribution is -2.23. The van der Waals surface area contributed by atoms with Gasteiger partial charge < -0.3 is 15.5 Å². The van der Waals surface area contributed by atoms with Crippen LogP contribution in [0.25, 0.3) is 10.9 Å². The van der Waals surface area contributed by atoms with Gasteiger partial charge in [-0.3, -0.25) is 9.59 Å². The van der Waals surface area contributed by atoms with E-state index in [1.165, 1.54) is 0 Å². The highest BCUT2D eigenvalue weighted by Crippen LogP contribution is 2.29. The van der Waals surface area contributed by atoms with E-state index in [1.54, 1.807) is 37.6 Å². The molecule has 0 spiro atoms. The number of methoxy groups -OCH3 is 1. The van der Waals surface area contributed by atoms with Crippen LogP contribution >= 0.6 is 0 Å². The maximum Gasteiger partial charge on any atom is 0.225 e. The quantitative estimate of drug-likeness (QED) is 0.684. The molecule has 2 aromatic carbocycles. The van der Waals surface area contributed by atoms with E-state index in [9.17, 15) is 9.59 Å². The number of Topliss-reactive ketones (excluding diaryl/α,β-unsaturated/α-hetero) is 1. The summed E-state index contributed by atoms with van der Waals surface area (Å²) in [5.41, 5.74) is 7.76. The van der Waals surface area contributed by atoms with Gasteiger partial charge in [0.25, 0.3) is 0 Å². The maximum atomic E-state index is 12.5. The molecular weight excluding hydrogens is 304 g/mol. The van der Waals surface area contributed by atoms with Gasteiger partial charge in [0.05, 0.1) is 13.0 Å². The Morgan fingerprint density at radius 2 is 1.83 bits per heavy atom. The molecule has 0 fully saturated rings. The largest absolute Gasteiger partial charge is 0.497 e. The normalized spacial score (nSPS) is 12.0. The second kappa shape index (κ2) is 6.58. The number of para-hydroxylation sites is 1. The lowest BCUT2D eigenvalue weighted by atomic mass is 9.90. The third kappa shape index (κ3) is 3.01. The molecule has 24 heavy (non-hydrogen) atoms.